The second-order valence-electron chi connectivity index (χ2n) is 5.28. The van der Waals surface area contributed by atoms with Crippen LogP contribution in [0, 0.1) is 5.82 Å². The van der Waals surface area contributed by atoms with Gasteiger partial charge in [0.2, 0.25) is 0 Å². The Morgan fingerprint density at radius 1 is 1.10 bits per heavy atom. The molecule has 0 bridgehead atoms. The predicted molar refractivity (Wildman–Crippen MR) is 88.8 cm³/mol. The fourth-order valence-corrected chi connectivity index (χ4v) is 2.74. The van der Waals surface area contributed by atoms with Gasteiger partial charge in [0.05, 0.1) is 5.69 Å². The van der Waals surface area contributed by atoms with Crippen molar-refractivity contribution in [2.45, 2.75) is 13.0 Å². The normalized spacial score (nSPS) is 18.2. The van der Waals surface area contributed by atoms with Gasteiger partial charge in [0.25, 0.3) is 0 Å². The fraction of sp³-hybridized carbons (Fsp3) is 0.294. The van der Waals surface area contributed by atoms with Crippen LogP contribution >= 0.6 is 12.4 Å². The molecule has 0 amide bonds. The summed E-state index contributed by atoms with van der Waals surface area (Å²) in [6.07, 6.45) is 0. The van der Waals surface area contributed by atoms with Crippen LogP contribution < -0.4 is 10.2 Å². The molecule has 2 aromatic carbocycles. The average Bonchev–Trinajstić information content (AvgIpc) is 2.49. The lowest BCUT2D eigenvalue weighted by Gasteiger charge is -2.36. The smallest absolute Gasteiger partial charge is 0.146 e. The minimum absolute atomic E-state index is 0. The highest BCUT2D eigenvalue weighted by Gasteiger charge is 2.21. The van der Waals surface area contributed by atoms with Crippen molar-refractivity contribution in [1.29, 1.82) is 0 Å². The van der Waals surface area contributed by atoms with Gasteiger partial charge in [-0.1, -0.05) is 36.4 Å². The van der Waals surface area contributed by atoms with Crippen molar-refractivity contribution in [2.24, 2.45) is 0 Å². The molecule has 1 aliphatic rings. The molecule has 1 heterocycles. The van der Waals surface area contributed by atoms with Crippen molar-refractivity contribution in [3.63, 3.8) is 0 Å². The van der Waals surface area contributed by atoms with Crippen LogP contribution in [0.4, 0.5) is 10.1 Å². The van der Waals surface area contributed by atoms with Gasteiger partial charge < -0.3 is 10.2 Å². The number of nitrogens with one attached hydrogen (secondary N) is 1. The Kier molecular flexibility index (Phi) is 5.21. The Hall–Kier alpha value is -1.58. The summed E-state index contributed by atoms with van der Waals surface area (Å²) in [6.45, 7) is 4.77. The zero-order valence-electron chi connectivity index (χ0n) is 12.1. The van der Waals surface area contributed by atoms with Gasteiger partial charge in [-0.2, -0.15) is 0 Å². The Morgan fingerprint density at radius 3 is 2.57 bits per heavy atom. The van der Waals surface area contributed by atoms with Gasteiger partial charge >= 0.3 is 0 Å². The SMILES string of the molecule is CC1CNCCN1c1cc(-c2ccccc2)ccc1F.Cl. The molecule has 1 saturated heterocycles. The van der Waals surface area contributed by atoms with Crippen molar-refractivity contribution in [3.05, 3.63) is 54.3 Å². The summed E-state index contributed by atoms with van der Waals surface area (Å²) in [7, 11) is 0. The lowest BCUT2D eigenvalue weighted by Crippen LogP contribution is -2.50. The molecule has 112 valence electrons. The third-order valence-electron chi connectivity index (χ3n) is 3.86. The first-order chi connectivity index (χ1) is 9.75. The number of hydrogen-bond acceptors (Lipinski definition) is 2. The highest BCUT2D eigenvalue weighted by Crippen LogP contribution is 2.28. The van der Waals surface area contributed by atoms with Gasteiger partial charge in [-0.05, 0) is 30.2 Å². The third-order valence-corrected chi connectivity index (χ3v) is 3.86. The molecule has 1 fully saturated rings. The first-order valence-electron chi connectivity index (χ1n) is 7.08. The van der Waals surface area contributed by atoms with E-state index in [-0.39, 0.29) is 18.2 Å². The van der Waals surface area contributed by atoms with E-state index in [1.54, 1.807) is 6.07 Å². The van der Waals surface area contributed by atoms with Crippen molar-refractivity contribution in [1.82, 2.24) is 5.32 Å². The van der Waals surface area contributed by atoms with E-state index in [1.165, 1.54) is 0 Å². The van der Waals surface area contributed by atoms with E-state index in [2.05, 4.69) is 29.3 Å². The molecular weight excluding hydrogens is 287 g/mol. The molecule has 0 aliphatic carbocycles. The summed E-state index contributed by atoms with van der Waals surface area (Å²) in [4.78, 5) is 2.15. The van der Waals surface area contributed by atoms with Gasteiger partial charge in [-0.25, -0.2) is 4.39 Å². The molecule has 0 aromatic heterocycles. The van der Waals surface area contributed by atoms with Crippen molar-refractivity contribution in [3.8, 4) is 11.1 Å². The van der Waals surface area contributed by atoms with E-state index in [4.69, 9.17) is 0 Å². The molecule has 2 nitrogen and oxygen atoms in total. The van der Waals surface area contributed by atoms with Crippen LogP contribution in [0.25, 0.3) is 11.1 Å². The van der Waals surface area contributed by atoms with Crippen LogP contribution in [0.5, 0.6) is 0 Å². The summed E-state index contributed by atoms with van der Waals surface area (Å²) < 4.78 is 14.2. The molecule has 0 spiro atoms. The fourth-order valence-electron chi connectivity index (χ4n) is 2.74. The first-order valence-corrected chi connectivity index (χ1v) is 7.08. The zero-order valence-corrected chi connectivity index (χ0v) is 12.9. The molecule has 1 aliphatic heterocycles. The molecule has 1 N–H and O–H groups in total. The molecule has 1 unspecified atom stereocenters. The average molecular weight is 307 g/mol. The maximum Gasteiger partial charge on any atom is 0.146 e. The number of anilines is 1. The van der Waals surface area contributed by atoms with Crippen LogP contribution in [0.3, 0.4) is 0 Å². The standard InChI is InChI=1S/C17H19FN2.ClH/c1-13-12-19-9-10-20(13)17-11-15(7-8-16(17)18)14-5-3-2-4-6-14;/h2-8,11,13,19H,9-10,12H2,1H3;1H. The molecule has 0 saturated carbocycles. The van der Waals surface area contributed by atoms with Crippen LogP contribution in [-0.4, -0.2) is 25.7 Å². The molecular formula is C17H20ClFN2. The maximum absolute atomic E-state index is 14.2. The topological polar surface area (TPSA) is 15.3 Å². The number of piperazine rings is 1. The van der Waals surface area contributed by atoms with E-state index in [0.29, 0.717) is 11.7 Å². The van der Waals surface area contributed by atoms with Crippen molar-refractivity contribution < 1.29 is 4.39 Å². The van der Waals surface area contributed by atoms with E-state index in [0.717, 1.165) is 30.8 Å². The molecule has 1 atom stereocenters. The van der Waals surface area contributed by atoms with Gasteiger partial charge in [-0.15, -0.1) is 12.4 Å². The first kappa shape index (κ1) is 15.8. The number of nitrogens with zero attached hydrogens (tertiary/aromatic N) is 1. The van der Waals surface area contributed by atoms with E-state index in [9.17, 15) is 4.39 Å². The molecule has 3 rings (SSSR count). The molecule has 2 aromatic rings. The quantitative estimate of drug-likeness (QED) is 0.910. The summed E-state index contributed by atoms with van der Waals surface area (Å²) >= 11 is 0. The summed E-state index contributed by atoms with van der Waals surface area (Å²) in [5.41, 5.74) is 2.89. The molecule has 4 heteroatoms. The number of rotatable bonds is 2. The second-order valence-corrected chi connectivity index (χ2v) is 5.28. The minimum Gasteiger partial charge on any atom is -0.364 e. The predicted octanol–water partition coefficient (Wildman–Crippen LogP) is 3.71. The van der Waals surface area contributed by atoms with Crippen LogP contribution in [-0.2, 0) is 0 Å². The monoisotopic (exact) mass is 306 g/mol. The Labute approximate surface area is 131 Å². The van der Waals surface area contributed by atoms with E-state index >= 15 is 0 Å². The van der Waals surface area contributed by atoms with E-state index in [1.807, 2.05) is 30.3 Å². The summed E-state index contributed by atoms with van der Waals surface area (Å²) in [5.74, 6) is -0.140. The number of hydrogen-bond donors (Lipinski definition) is 1. The Balaban J connectivity index is 0.00000161. The number of halogens is 2. The lowest BCUT2D eigenvalue weighted by molar-refractivity contribution is 0.491. The molecule has 0 radical (unpaired) electrons. The zero-order chi connectivity index (χ0) is 13.9. The van der Waals surface area contributed by atoms with Gasteiger partial charge in [-0.3, -0.25) is 0 Å². The van der Waals surface area contributed by atoms with Crippen LogP contribution in [0.2, 0.25) is 0 Å². The second kappa shape index (κ2) is 6.92. The number of benzene rings is 2. The van der Waals surface area contributed by atoms with Gasteiger partial charge in [0.15, 0.2) is 0 Å². The molecule has 21 heavy (non-hydrogen) atoms. The minimum atomic E-state index is -0.140. The summed E-state index contributed by atoms with van der Waals surface area (Å²) in [6, 6.07) is 15.8. The lowest BCUT2D eigenvalue weighted by atomic mass is 10.0. The Morgan fingerprint density at radius 2 is 1.86 bits per heavy atom. The van der Waals surface area contributed by atoms with Crippen LogP contribution in [0.15, 0.2) is 48.5 Å². The highest BCUT2D eigenvalue weighted by molar-refractivity contribution is 5.85. The summed E-state index contributed by atoms with van der Waals surface area (Å²) in [5, 5.41) is 3.34. The van der Waals surface area contributed by atoms with Gasteiger partial charge in [0, 0.05) is 25.7 Å². The largest absolute Gasteiger partial charge is 0.364 e. The highest BCUT2D eigenvalue weighted by atomic mass is 35.5. The van der Waals surface area contributed by atoms with E-state index < -0.39 is 0 Å². The van der Waals surface area contributed by atoms with Gasteiger partial charge in [0.1, 0.15) is 5.82 Å². The third kappa shape index (κ3) is 3.36. The Bertz CT molecular complexity index is 589. The maximum atomic E-state index is 14.2. The van der Waals surface area contributed by atoms with Crippen molar-refractivity contribution >= 4 is 18.1 Å². The van der Waals surface area contributed by atoms with Crippen LogP contribution in [0.1, 0.15) is 6.92 Å². The van der Waals surface area contributed by atoms with Crippen molar-refractivity contribution in [2.75, 3.05) is 24.5 Å².